The average Bonchev–Trinajstić information content (AvgIpc) is 2.73. The number of methoxy groups -OCH3 is 2. The van der Waals surface area contributed by atoms with E-state index in [0.717, 1.165) is 38.2 Å². The van der Waals surface area contributed by atoms with Crippen LogP contribution in [0.25, 0.3) is 0 Å². The summed E-state index contributed by atoms with van der Waals surface area (Å²) in [5.41, 5.74) is 1.06. The summed E-state index contributed by atoms with van der Waals surface area (Å²) in [6.07, 6.45) is 3.73. The highest BCUT2D eigenvalue weighted by Crippen LogP contribution is 2.29. The van der Waals surface area contributed by atoms with Crippen molar-refractivity contribution in [3.8, 4) is 11.5 Å². The number of rotatable bonds is 8. The minimum atomic E-state index is -3.59. The molecule has 1 aliphatic rings. The Hall–Kier alpha value is -2.16. The Morgan fingerprint density at radius 1 is 1.11 bits per heavy atom. The van der Waals surface area contributed by atoms with Gasteiger partial charge in [-0.25, -0.2) is 13.1 Å². The van der Waals surface area contributed by atoms with E-state index in [9.17, 15) is 8.42 Å². The molecular formula is C20H27N3O4S. The van der Waals surface area contributed by atoms with E-state index in [-0.39, 0.29) is 4.90 Å². The Kier molecular flexibility index (Phi) is 6.88. The van der Waals surface area contributed by atoms with Gasteiger partial charge in [0.05, 0.1) is 24.8 Å². The maximum atomic E-state index is 12.6. The third kappa shape index (κ3) is 5.21. The maximum absolute atomic E-state index is 12.6. The van der Waals surface area contributed by atoms with Gasteiger partial charge in [0.25, 0.3) is 0 Å². The zero-order chi connectivity index (χ0) is 20.0. The summed E-state index contributed by atoms with van der Waals surface area (Å²) in [6, 6.07) is 10.6. The molecule has 1 aromatic heterocycles. The molecule has 0 aliphatic carbocycles. The predicted molar refractivity (Wildman–Crippen MR) is 107 cm³/mol. The predicted octanol–water partition coefficient (Wildman–Crippen LogP) is 2.29. The lowest BCUT2D eigenvalue weighted by Crippen LogP contribution is -2.38. The number of nitrogens with zero attached hydrogens (tertiary/aromatic N) is 2. The summed E-state index contributed by atoms with van der Waals surface area (Å²) in [4.78, 5) is 6.91. The first-order chi connectivity index (χ1) is 13.5. The molecule has 0 amide bonds. The molecule has 0 saturated carbocycles. The highest BCUT2D eigenvalue weighted by Gasteiger charge is 2.23. The molecule has 1 N–H and O–H groups in total. The second-order valence-electron chi connectivity index (χ2n) is 6.91. The third-order valence-electron chi connectivity index (χ3n) is 5.05. The lowest BCUT2D eigenvalue weighted by atomic mass is 9.97. The van der Waals surface area contributed by atoms with Crippen molar-refractivity contribution in [2.24, 2.45) is 5.92 Å². The fraction of sp³-hybridized carbons (Fsp3) is 0.450. The number of hydrogen-bond acceptors (Lipinski definition) is 6. The van der Waals surface area contributed by atoms with Crippen molar-refractivity contribution in [1.82, 2.24) is 14.6 Å². The van der Waals surface area contributed by atoms with Crippen LogP contribution in [0.4, 0.5) is 0 Å². The summed E-state index contributed by atoms with van der Waals surface area (Å²) in [5.74, 6) is 1.23. The molecule has 3 rings (SSSR count). The number of aromatic nitrogens is 1. The lowest BCUT2D eigenvalue weighted by Gasteiger charge is -2.31. The van der Waals surface area contributed by atoms with Crippen molar-refractivity contribution < 1.29 is 17.9 Å². The van der Waals surface area contributed by atoms with Gasteiger partial charge in [-0.1, -0.05) is 6.07 Å². The van der Waals surface area contributed by atoms with Crippen LogP contribution in [0, 0.1) is 5.92 Å². The van der Waals surface area contributed by atoms with E-state index in [0.29, 0.717) is 24.0 Å². The molecule has 28 heavy (non-hydrogen) atoms. The van der Waals surface area contributed by atoms with Crippen LogP contribution in [-0.2, 0) is 16.6 Å². The highest BCUT2D eigenvalue weighted by molar-refractivity contribution is 7.89. The van der Waals surface area contributed by atoms with E-state index < -0.39 is 10.0 Å². The van der Waals surface area contributed by atoms with E-state index >= 15 is 0 Å². The van der Waals surface area contributed by atoms with E-state index in [1.54, 1.807) is 6.07 Å². The van der Waals surface area contributed by atoms with Crippen molar-refractivity contribution in [3.63, 3.8) is 0 Å². The van der Waals surface area contributed by atoms with E-state index in [1.165, 1.54) is 26.4 Å². The first-order valence-corrected chi connectivity index (χ1v) is 10.8. The number of sulfonamides is 1. The van der Waals surface area contributed by atoms with Gasteiger partial charge >= 0.3 is 0 Å². The summed E-state index contributed by atoms with van der Waals surface area (Å²) >= 11 is 0. The van der Waals surface area contributed by atoms with Crippen molar-refractivity contribution in [1.29, 1.82) is 0 Å². The molecule has 0 spiro atoms. The van der Waals surface area contributed by atoms with E-state index in [2.05, 4.69) is 14.6 Å². The van der Waals surface area contributed by atoms with Crippen molar-refractivity contribution in [2.45, 2.75) is 24.3 Å². The summed E-state index contributed by atoms with van der Waals surface area (Å²) < 4.78 is 38.3. The summed E-state index contributed by atoms with van der Waals surface area (Å²) in [6.45, 7) is 3.16. The Bertz CT molecular complexity index is 866. The second kappa shape index (κ2) is 9.36. The smallest absolute Gasteiger partial charge is 0.240 e. The molecule has 2 heterocycles. The van der Waals surface area contributed by atoms with Crippen LogP contribution in [0.1, 0.15) is 18.5 Å². The highest BCUT2D eigenvalue weighted by atomic mass is 32.2. The van der Waals surface area contributed by atoms with Crippen LogP contribution in [0.2, 0.25) is 0 Å². The molecule has 1 fully saturated rings. The first kappa shape index (κ1) is 20.6. The first-order valence-electron chi connectivity index (χ1n) is 9.36. The number of ether oxygens (including phenoxy) is 2. The van der Waals surface area contributed by atoms with Crippen molar-refractivity contribution >= 4 is 10.0 Å². The van der Waals surface area contributed by atoms with Gasteiger partial charge in [-0.2, -0.15) is 0 Å². The molecule has 7 nitrogen and oxygen atoms in total. The number of piperidine rings is 1. The molecule has 0 unspecified atom stereocenters. The van der Waals surface area contributed by atoms with Crippen LogP contribution >= 0.6 is 0 Å². The lowest BCUT2D eigenvalue weighted by molar-refractivity contribution is 0.177. The average molecular weight is 406 g/mol. The van der Waals surface area contributed by atoms with Gasteiger partial charge in [-0.15, -0.1) is 0 Å². The molecule has 8 heteroatoms. The quantitative estimate of drug-likeness (QED) is 0.726. The largest absolute Gasteiger partial charge is 0.493 e. The molecule has 152 valence electrons. The van der Waals surface area contributed by atoms with Crippen LogP contribution in [0.15, 0.2) is 47.5 Å². The zero-order valence-corrected chi connectivity index (χ0v) is 17.1. The van der Waals surface area contributed by atoms with Gasteiger partial charge in [-0.05, 0) is 56.1 Å². The van der Waals surface area contributed by atoms with Gasteiger partial charge in [0.15, 0.2) is 11.5 Å². The normalized spacial score (nSPS) is 16.1. The minimum absolute atomic E-state index is 0.178. The Labute approximate surface area is 166 Å². The Morgan fingerprint density at radius 3 is 2.50 bits per heavy atom. The number of nitrogens with one attached hydrogen (secondary N) is 1. The molecule has 0 radical (unpaired) electrons. The van der Waals surface area contributed by atoms with E-state index in [1.807, 2.05) is 24.4 Å². The fourth-order valence-corrected chi connectivity index (χ4v) is 4.50. The van der Waals surface area contributed by atoms with Gasteiger partial charge in [0.1, 0.15) is 0 Å². The monoisotopic (exact) mass is 405 g/mol. The SMILES string of the molecule is COc1ccc(S(=O)(=O)NCC2CCN(Cc3ccccn3)CC2)cc1OC. The standard InChI is InChI=1S/C20H27N3O4S/c1-26-19-7-6-18(13-20(19)27-2)28(24,25)22-14-16-8-11-23(12-9-16)15-17-5-3-4-10-21-17/h3-7,10,13,16,22H,8-9,11-12,14-15H2,1-2H3. The van der Waals surface area contributed by atoms with Gasteiger partial charge in [-0.3, -0.25) is 9.88 Å². The van der Waals surface area contributed by atoms with Gasteiger partial charge in [0.2, 0.25) is 10.0 Å². The molecular weight excluding hydrogens is 378 g/mol. The topological polar surface area (TPSA) is 80.8 Å². The Balaban J connectivity index is 1.52. The molecule has 2 aromatic rings. The number of likely N-dealkylation sites (tertiary alicyclic amines) is 1. The number of hydrogen-bond donors (Lipinski definition) is 1. The zero-order valence-electron chi connectivity index (χ0n) is 16.3. The molecule has 1 saturated heterocycles. The molecule has 0 atom stereocenters. The van der Waals surface area contributed by atoms with Crippen molar-refractivity contribution in [3.05, 3.63) is 48.3 Å². The third-order valence-corrected chi connectivity index (χ3v) is 6.47. The van der Waals surface area contributed by atoms with Crippen LogP contribution < -0.4 is 14.2 Å². The van der Waals surface area contributed by atoms with Crippen LogP contribution in [-0.4, -0.2) is 52.2 Å². The van der Waals surface area contributed by atoms with Gasteiger partial charge in [0, 0.05) is 25.4 Å². The van der Waals surface area contributed by atoms with Crippen molar-refractivity contribution in [2.75, 3.05) is 33.9 Å². The van der Waals surface area contributed by atoms with E-state index in [4.69, 9.17) is 9.47 Å². The summed E-state index contributed by atoms with van der Waals surface area (Å²) in [5, 5.41) is 0. The minimum Gasteiger partial charge on any atom is -0.493 e. The molecule has 0 bridgehead atoms. The molecule has 1 aromatic carbocycles. The van der Waals surface area contributed by atoms with Crippen LogP contribution in [0.5, 0.6) is 11.5 Å². The van der Waals surface area contributed by atoms with Gasteiger partial charge < -0.3 is 9.47 Å². The number of benzene rings is 1. The number of pyridine rings is 1. The maximum Gasteiger partial charge on any atom is 0.240 e. The summed E-state index contributed by atoms with van der Waals surface area (Å²) in [7, 11) is -0.584. The van der Waals surface area contributed by atoms with Crippen LogP contribution in [0.3, 0.4) is 0 Å². The fourth-order valence-electron chi connectivity index (χ4n) is 3.36. The molecule has 1 aliphatic heterocycles. The Morgan fingerprint density at radius 2 is 1.86 bits per heavy atom. The second-order valence-corrected chi connectivity index (χ2v) is 8.68.